The number of aryl methyl sites for hydroxylation is 1. The van der Waals surface area contributed by atoms with Crippen LogP contribution in [0.2, 0.25) is 0 Å². The molecule has 1 heterocycles. The van der Waals surface area contributed by atoms with Gasteiger partial charge < -0.3 is 4.57 Å². The minimum Gasteiger partial charge on any atom is -0.331 e. The van der Waals surface area contributed by atoms with Gasteiger partial charge >= 0.3 is 0 Å². The second kappa shape index (κ2) is 3.59. The van der Waals surface area contributed by atoms with Crippen molar-refractivity contribution in [2.75, 3.05) is 0 Å². The van der Waals surface area contributed by atoms with Crippen molar-refractivity contribution in [3.05, 3.63) is 29.6 Å². The van der Waals surface area contributed by atoms with Crippen molar-refractivity contribution in [1.29, 1.82) is 5.26 Å². The molecule has 3 rings (SSSR count). The van der Waals surface area contributed by atoms with Gasteiger partial charge in [0.25, 0.3) is 0 Å². The van der Waals surface area contributed by atoms with Gasteiger partial charge in [-0.05, 0) is 37.0 Å². The van der Waals surface area contributed by atoms with Gasteiger partial charge in [0.1, 0.15) is 5.82 Å². The summed E-state index contributed by atoms with van der Waals surface area (Å²) in [7, 11) is 2.07. The van der Waals surface area contributed by atoms with Crippen molar-refractivity contribution in [3.8, 4) is 6.07 Å². The Morgan fingerprint density at radius 3 is 2.88 bits per heavy atom. The first-order valence-corrected chi connectivity index (χ1v) is 6.07. The number of hydrogen-bond acceptors (Lipinski definition) is 2. The van der Waals surface area contributed by atoms with Crippen LogP contribution in [-0.4, -0.2) is 9.55 Å². The average molecular weight is 225 g/mol. The van der Waals surface area contributed by atoms with Crippen LogP contribution in [0.4, 0.5) is 0 Å². The number of fused-ring (bicyclic) bond motifs is 1. The van der Waals surface area contributed by atoms with Crippen LogP contribution in [0.5, 0.6) is 0 Å². The Morgan fingerprint density at radius 2 is 2.24 bits per heavy atom. The molecular weight excluding hydrogens is 210 g/mol. The van der Waals surface area contributed by atoms with Crippen molar-refractivity contribution in [3.63, 3.8) is 0 Å². The molecule has 17 heavy (non-hydrogen) atoms. The summed E-state index contributed by atoms with van der Waals surface area (Å²) < 4.78 is 2.17. The van der Waals surface area contributed by atoms with E-state index in [1.165, 1.54) is 12.8 Å². The SMILES string of the molecule is CC(c1nc2cc(C#N)ccc2n1C)C1CC1. The van der Waals surface area contributed by atoms with Crippen molar-refractivity contribution >= 4 is 11.0 Å². The van der Waals surface area contributed by atoms with E-state index in [0.29, 0.717) is 11.5 Å². The second-order valence-corrected chi connectivity index (χ2v) is 4.97. The molecule has 3 nitrogen and oxygen atoms in total. The highest BCUT2D eigenvalue weighted by molar-refractivity contribution is 5.77. The van der Waals surface area contributed by atoms with E-state index in [0.717, 1.165) is 22.8 Å². The predicted octanol–water partition coefficient (Wildman–Crippen LogP) is 2.96. The van der Waals surface area contributed by atoms with E-state index in [1.807, 2.05) is 18.2 Å². The van der Waals surface area contributed by atoms with Gasteiger partial charge in [0, 0.05) is 13.0 Å². The first kappa shape index (κ1) is 10.3. The minimum atomic E-state index is 0.526. The maximum atomic E-state index is 8.90. The molecule has 86 valence electrons. The number of benzene rings is 1. The standard InChI is InChI=1S/C14H15N3/c1-9(11-4-5-11)14-16-12-7-10(8-15)3-6-13(12)17(14)2/h3,6-7,9,11H,4-5H2,1-2H3. The van der Waals surface area contributed by atoms with Crippen molar-refractivity contribution in [1.82, 2.24) is 9.55 Å². The fourth-order valence-electron chi connectivity index (χ4n) is 2.50. The monoisotopic (exact) mass is 225 g/mol. The van der Waals surface area contributed by atoms with Gasteiger partial charge in [0.05, 0.1) is 22.7 Å². The highest BCUT2D eigenvalue weighted by Gasteiger charge is 2.31. The van der Waals surface area contributed by atoms with Crippen LogP contribution in [0.3, 0.4) is 0 Å². The molecule has 0 amide bonds. The van der Waals surface area contributed by atoms with Gasteiger partial charge in [-0.2, -0.15) is 5.26 Å². The Labute approximate surface area is 101 Å². The number of imidazole rings is 1. The summed E-state index contributed by atoms with van der Waals surface area (Å²) >= 11 is 0. The lowest BCUT2D eigenvalue weighted by atomic mass is 10.1. The van der Waals surface area contributed by atoms with Gasteiger partial charge in [-0.1, -0.05) is 6.92 Å². The van der Waals surface area contributed by atoms with E-state index in [9.17, 15) is 0 Å². The average Bonchev–Trinajstić information content (AvgIpc) is 3.14. The van der Waals surface area contributed by atoms with Crippen LogP contribution < -0.4 is 0 Å². The van der Waals surface area contributed by atoms with Crippen LogP contribution in [0.25, 0.3) is 11.0 Å². The predicted molar refractivity (Wildman–Crippen MR) is 66.6 cm³/mol. The largest absolute Gasteiger partial charge is 0.331 e. The highest BCUT2D eigenvalue weighted by Crippen LogP contribution is 2.42. The number of aromatic nitrogens is 2. The lowest BCUT2D eigenvalue weighted by Crippen LogP contribution is -2.04. The van der Waals surface area contributed by atoms with Gasteiger partial charge in [-0.15, -0.1) is 0 Å². The zero-order valence-electron chi connectivity index (χ0n) is 10.1. The summed E-state index contributed by atoms with van der Waals surface area (Å²) in [6.07, 6.45) is 2.65. The van der Waals surface area contributed by atoms with Crippen molar-refractivity contribution < 1.29 is 0 Å². The third-order valence-electron chi connectivity index (χ3n) is 3.78. The van der Waals surface area contributed by atoms with Crippen LogP contribution in [-0.2, 0) is 7.05 Å². The smallest absolute Gasteiger partial charge is 0.112 e. The van der Waals surface area contributed by atoms with Gasteiger partial charge in [-0.3, -0.25) is 0 Å². The van der Waals surface area contributed by atoms with Crippen LogP contribution in [0.15, 0.2) is 18.2 Å². The van der Waals surface area contributed by atoms with E-state index >= 15 is 0 Å². The summed E-state index contributed by atoms with van der Waals surface area (Å²) in [5.74, 6) is 2.48. The molecule has 1 aliphatic rings. The summed E-state index contributed by atoms with van der Waals surface area (Å²) in [5.41, 5.74) is 2.74. The quantitative estimate of drug-likeness (QED) is 0.788. The normalized spacial score (nSPS) is 17.0. The Morgan fingerprint density at radius 1 is 1.47 bits per heavy atom. The molecule has 3 heteroatoms. The lowest BCUT2D eigenvalue weighted by molar-refractivity contribution is 0.599. The van der Waals surface area contributed by atoms with E-state index in [1.54, 1.807) is 0 Å². The van der Waals surface area contributed by atoms with Crippen LogP contribution >= 0.6 is 0 Å². The first-order valence-electron chi connectivity index (χ1n) is 6.07. The van der Waals surface area contributed by atoms with Crippen molar-refractivity contribution in [2.24, 2.45) is 13.0 Å². The number of rotatable bonds is 2. The van der Waals surface area contributed by atoms with E-state index in [2.05, 4.69) is 24.6 Å². The molecular formula is C14H15N3. The molecule has 0 radical (unpaired) electrons. The highest BCUT2D eigenvalue weighted by atomic mass is 15.1. The molecule has 1 saturated carbocycles. The molecule has 1 atom stereocenters. The summed E-state index contributed by atoms with van der Waals surface area (Å²) in [4.78, 5) is 4.69. The van der Waals surface area contributed by atoms with Gasteiger partial charge in [0.15, 0.2) is 0 Å². The topological polar surface area (TPSA) is 41.6 Å². The summed E-state index contributed by atoms with van der Waals surface area (Å²) in [6, 6.07) is 7.88. The zero-order valence-corrected chi connectivity index (χ0v) is 10.1. The van der Waals surface area contributed by atoms with Crippen LogP contribution in [0.1, 0.15) is 37.1 Å². The Bertz CT molecular complexity index is 614. The molecule has 1 unspecified atom stereocenters. The maximum Gasteiger partial charge on any atom is 0.112 e. The third-order valence-corrected chi connectivity index (χ3v) is 3.78. The van der Waals surface area contributed by atoms with E-state index in [4.69, 9.17) is 10.2 Å². The molecule has 1 fully saturated rings. The second-order valence-electron chi connectivity index (χ2n) is 4.97. The number of nitriles is 1. The van der Waals surface area contributed by atoms with Crippen molar-refractivity contribution in [2.45, 2.75) is 25.7 Å². The fourth-order valence-corrected chi connectivity index (χ4v) is 2.50. The molecule has 0 saturated heterocycles. The lowest BCUT2D eigenvalue weighted by Gasteiger charge is -2.09. The number of hydrogen-bond donors (Lipinski definition) is 0. The molecule has 1 aromatic carbocycles. The molecule has 1 aromatic heterocycles. The molecule has 2 aromatic rings. The molecule has 0 bridgehead atoms. The van der Waals surface area contributed by atoms with Gasteiger partial charge in [0.2, 0.25) is 0 Å². The van der Waals surface area contributed by atoms with Crippen LogP contribution in [0, 0.1) is 17.2 Å². The minimum absolute atomic E-state index is 0.526. The third kappa shape index (κ3) is 1.61. The maximum absolute atomic E-state index is 8.90. The Hall–Kier alpha value is -1.82. The number of nitrogens with zero attached hydrogens (tertiary/aromatic N) is 3. The van der Waals surface area contributed by atoms with E-state index < -0.39 is 0 Å². The molecule has 1 aliphatic carbocycles. The summed E-state index contributed by atoms with van der Waals surface area (Å²) in [6.45, 7) is 2.25. The zero-order chi connectivity index (χ0) is 12.0. The van der Waals surface area contributed by atoms with E-state index in [-0.39, 0.29) is 0 Å². The fraction of sp³-hybridized carbons (Fsp3) is 0.429. The molecule has 0 aliphatic heterocycles. The Kier molecular flexibility index (Phi) is 2.19. The van der Waals surface area contributed by atoms with Gasteiger partial charge in [-0.25, -0.2) is 4.98 Å². The first-order chi connectivity index (χ1) is 8.20. The Balaban J connectivity index is 2.14. The molecule has 0 spiro atoms. The molecule has 0 N–H and O–H groups in total. The summed E-state index contributed by atoms with van der Waals surface area (Å²) in [5, 5.41) is 8.90.